The van der Waals surface area contributed by atoms with Crippen molar-refractivity contribution in [2.24, 2.45) is 0 Å². The molecule has 1 aromatic rings. The van der Waals surface area contributed by atoms with Crippen LogP contribution in [0.2, 0.25) is 0 Å². The highest BCUT2D eigenvalue weighted by atomic mass is 19.4. The predicted octanol–water partition coefficient (Wildman–Crippen LogP) is 2.11. The van der Waals surface area contributed by atoms with Gasteiger partial charge in [-0.2, -0.15) is 13.2 Å². The van der Waals surface area contributed by atoms with Crippen LogP contribution in [0.5, 0.6) is 0 Å². The normalized spacial score (nSPS) is 12.2. The Morgan fingerprint density at radius 3 is 2.31 bits per heavy atom. The van der Waals surface area contributed by atoms with Crippen LogP contribution in [0.1, 0.15) is 23.2 Å². The van der Waals surface area contributed by atoms with Gasteiger partial charge in [0.1, 0.15) is 11.5 Å². The van der Waals surface area contributed by atoms with Crippen LogP contribution in [0, 0.1) is 0 Å². The number of pyridine rings is 1. The molecular weight excluding hydrogens is 235 g/mol. The van der Waals surface area contributed by atoms with E-state index in [1.807, 2.05) is 0 Å². The Morgan fingerprint density at radius 2 is 1.94 bits per heavy atom. The van der Waals surface area contributed by atoms with Crippen molar-refractivity contribution < 1.29 is 27.1 Å². The Hall–Kier alpha value is -1.44. The van der Waals surface area contributed by atoms with Crippen molar-refractivity contribution in [2.45, 2.75) is 19.2 Å². The fourth-order valence-corrected chi connectivity index (χ4v) is 1.25. The Balaban J connectivity index is 3.52. The summed E-state index contributed by atoms with van der Waals surface area (Å²) in [5, 5.41) is 8.68. The molecule has 3 nitrogen and oxygen atoms in total. The number of aliphatic hydroxyl groups is 1. The third-order valence-electron chi connectivity index (χ3n) is 1.81. The summed E-state index contributed by atoms with van der Waals surface area (Å²) >= 11 is 0. The minimum atomic E-state index is -5.01. The van der Waals surface area contributed by atoms with Crippen molar-refractivity contribution >= 4 is 5.82 Å². The van der Waals surface area contributed by atoms with Crippen LogP contribution in [-0.2, 0) is 12.8 Å². The molecule has 0 bridgehead atoms. The number of nitrogens with two attached hydrogens (primary N) is 1. The number of aliphatic hydroxyl groups excluding tert-OH is 1. The van der Waals surface area contributed by atoms with Crippen molar-refractivity contribution in [2.75, 3.05) is 5.73 Å². The number of alkyl halides is 5. The number of aromatic nitrogens is 1. The molecule has 0 atom stereocenters. The molecule has 1 heterocycles. The number of halogens is 5. The van der Waals surface area contributed by atoms with Crippen molar-refractivity contribution in [3.05, 3.63) is 22.9 Å². The number of nitrogen functional groups attached to an aromatic ring is 1. The Kier molecular flexibility index (Phi) is 3.32. The van der Waals surface area contributed by atoms with Crippen molar-refractivity contribution in [1.29, 1.82) is 0 Å². The number of rotatable bonds is 2. The molecule has 8 heteroatoms. The number of nitrogens with zero attached hydrogens (tertiary/aromatic N) is 1. The van der Waals surface area contributed by atoms with Crippen molar-refractivity contribution in [3.8, 4) is 0 Å². The molecule has 90 valence electrons. The lowest BCUT2D eigenvalue weighted by Gasteiger charge is -2.15. The van der Waals surface area contributed by atoms with E-state index in [0.717, 1.165) is 0 Å². The lowest BCUT2D eigenvalue weighted by molar-refractivity contribution is -0.141. The van der Waals surface area contributed by atoms with E-state index >= 15 is 0 Å². The molecule has 0 saturated carbocycles. The minimum absolute atomic E-state index is 0.493. The monoisotopic (exact) mass is 242 g/mol. The average Bonchev–Trinajstić information content (AvgIpc) is 2.14. The molecule has 1 aromatic heterocycles. The van der Waals surface area contributed by atoms with Gasteiger partial charge in [0, 0.05) is 0 Å². The largest absolute Gasteiger partial charge is 0.418 e. The fraction of sp³-hybridized carbons (Fsp3) is 0.375. The summed E-state index contributed by atoms with van der Waals surface area (Å²) in [5.74, 6) is -0.493. The standard InChI is InChI=1S/C8H7F5N2O/c9-7(10)6-5(8(11,12)13)3(2-16)1-4(14)15-6/h1,7,16H,2H2,(H2,14,15). The second-order valence-corrected chi connectivity index (χ2v) is 2.92. The third-order valence-corrected chi connectivity index (χ3v) is 1.81. The van der Waals surface area contributed by atoms with Crippen LogP contribution in [0.25, 0.3) is 0 Å². The minimum Gasteiger partial charge on any atom is -0.392 e. The quantitative estimate of drug-likeness (QED) is 0.781. The molecule has 16 heavy (non-hydrogen) atoms. The summed E-state index contributed by atoms with van der Waals surface area (Å²) in [6, 6.07) is 0.717. The van der Waals surface area contributed by atoms with Crippen LogP contribution < -0.4 is 5.73 Å². The topological polar surface area (TPSA) is 59.1 Å². The van der Waals surface area contributed by atoms with Gasteiger partial charge < -0.3 is 10.8 Å². The van der Waals surface area contributed by atoms with Crippen LogP contribution in [0.4, 0.5) is 27.8 Å². The van der Waals surface area contributed by atoms with E-state index in [9.17, 15) is 22.0 Å². The van der Waals surface area contributed by atoms with Crippen LogP contribution in [0.15, 0.2) is 6.07 Å². The molecule has 0 amide bonds. The smallest absolute Gasteiger partial charge is 0.392 e. The maximum absolute atomic E-state index is 12.5. The van der Waals surface area contributed by atoms with Gasteiger partial charge in [-0.1, -0.05) is 0 Å². The summed E-state index contributed by atoms with van der Waals surface area (Å²) in [6.45, 7) is -1.04. The molecule has 0 aliphatic heterocycles. The molecule has 0 spiro atoms. The second-order valence-electron chi connectivity index (χ2n) is 2.92. The second kappa shape index (κ2) is 4.20. The highest BCUT2D eigenvalue weighted by Gasteiger charge is 2.39. The Labute approximate surface area is 86.7 Å². The van der Waals surface area contributed by atoms with Gasteiger partial charge in [-0.25, -0.2) is 13.8 Å². The molecule has 1 rings (SSSR count). The van der Waals surface area contributed by atoms with E-state index in [-0.39, 0.29) is 0 Å². The maximum Gasteiger partial charge on any atom is 0.418 e. The SMILES string of the molecule is Nc1cc(CO)c(C(F)(F)F)c(C(F)F)n1. The van der Waals surface area contributed by atoms with Crippen LogP contribution in [-0.4, -0.2) is 10.1 Å². The average molecular weight is 242 g/mol. The van der Waals surface area contributed by atoms with Gasteiger partial charge in [-0.15, -0.1) is 0 Å². The lowest BCUT2D eigenvalue weighted by Crippen LogP contribution is -2.16. The van der Waals surface area contributed by atoms with Gasteiger partial charge >= 0.3 is 6.18 Å². The van der Waals surface area contributed by atoms with E-state index in [2.05, 4.69) is 4.98 Å². The van der Waals surface area contributed by atoms with Gasteiger partial charge in [0.25, 0.3) is 6.43 Å². The predicted molar refractivity (Wildman–Crippen MR) is 44.5 cm³/mol. The zero-order valence-electron chi connectivity index (χ0n) is 7.72. The van der Waals surface area contributed by atoms with E-state index in [4.69, 9.17) is 10.8 Å². The fourth-order valence-electron chi connectivity index (χ4n) is 1.25. The zero-order chi connectivity index (χ0) is 12.5. The van der Waals surface area contributed by atoms with Gasteiger partial charge in [-0.05, 0) is 11.6 Å². The number of hydrogen-bond acceptors (Lipinski definition) is 3. The van der Waals surface area contributed by atoms with Crippen LogP contribution >= 0.6 is 0 Å². The first-order valence-corrected chi connectivity index (χ1v) is 4.03. The first-order valence-electron chi connectivity index (χ1n) is 4.03. The summed E-state index contributed by atoms with van der Waals surface area (Å²) < 4.78 is 62.1. The van der Waals surface area contributed by atoms with Crippen LogP contribution in [0.3, 0.4) is 0 Å². The molecule has 3 N–H and O–H groups in total. The van der Waals surface area contributed by atoms with Crippen molar-refractivity contribution in [3.63, 3.8) is 0 Å². The highest BCUT2D eigenvalue weighted by Crippen LogP contribution is 2.38. The molecule has 0 saturated heterocycles. The molecule has 0 aromatic carbocycles. The van der Waals surface area contributed by atoms with E-state index in [1.54, 1.807) is 0 Å². The Morgan fingerprint density at radius 1 is 1.38 bits per heavy atom. The van der Waals surface area contributed by atoms with Gasteiger partial charge in [0.05, 0.1) is 12.2 Å². The first-order chi connectivity index (χ1) is 7.27. The first kappa shape index (κ1) is 12.6. The number of hydrogen-bond donors (Lipinski definition) is 2. The molecule has 0 aliphatic rings. The van der Waals surface area contributed by atoms with Gasteiger partial charge in [0.2, 0.25) is 0 Å². The molecule has 0 unspecified atom stereocenters. The molecule has 0 aliphatic carbocycles. The zero-order valence-corrected chi connectivity index (χ0v) is 7.72. The van der Waals surface area contributed by atoms with Gasteiger partial charge in [0.15, 0.2) is 0 Å². The third kappa shape index (κ3) is 2.38. The van der Waals surface area contributed by atoms with E-state index in [0.29, 0.717) is 6.07 Å². The summed E-state index contributed by atoms with van der Waals surface area (Å²) in [4.78, 5) is 2.94. The van der Waals surface area contributed by atoms with E-state index < -0.39 is 41.8 Å². The number of anilines is 1. The van der Waals surface area contributed by atoms with Crippen molar-refractivity contribution in [1.82, 2.24) is 4.98 Å². The highest BCUT2D eigenvalue weighted by molar-refractivity contribution is 5.43. The van der Waals surface area contributed by atoms with Gasteiger partial charge in [-0.3, -0.25) is 0 Å². The summed E-state index contributed by atoms with van der Waals surface area (Å²) in [5.41, 5.74) is 1.26. The molecule has 0 fully saturated rings. The van der Waals surface area contributed by atoms with E-state index in [1.165, 1.54) is 0 Å². The summed E-state index contributed by atoms with van der Waals surface area (Å²) in [7, 11) is 0. The Bertz CT molecular complexity index is 391. The molecule has 0 radical (unpaired) electrons. The maximum atomic E-state index is 12.5. The lowest BCUT2D eigenvalue weighted by atomic mass is 10.1. The molecular formula is C8H7F5N2O. The summed E-state index contributed by atoms with van der Waals surface area (Å²) in [6.07, 6.45) is -8.42.